The molecule has 5 nitrogen and oxygen atoms in total. The molecule has 8 heteroatoms. The number of carbonyl (C=O) groups is 1. The van der Waals surface area contributed by atoms with E-state index >= 15 is 0 Å². The monoisotopic (exact) mass is 395 g/mol. The van der Waals surface area contributed by atoms with E-state index in [9.17, 15) is 18.0 Å². The highest BCUT2D eigenvalue weighted by atomic mass is 19.4. The lowest BCUT2D eigenvalue weighted by atomic mass is 9.96. The van der Waals surface area contributed by atoms with E-state index in [1.165, 1.54) is 4.90 Å². The molecule has 1 aliphatic heterocycles. The average molecular weight is 395 g/mol. The largest absolute Gasteiger partial charge is 0.492 e. The van der Waals surface area contributed by atoms with Crippen LogP contribution in [0.1, 0.15) is 0 Å². The van der Waals surface area contributed by atoms with Gasteiger partial charge in [0.25, 0.3) is 0 Å². The summed E-state index contributed by atoms with van der Waals surface area (Å²) in [7, 11) is 0. The first kappa shape index (κ1) is 20.0. The number of nitrogens with zero attached hydrogens (tertiary/aromatic N) is 1. The van der Waals surface area contributed by atoms with Crippen molar-refractivity contribution in [2.45, 2.75) is 6.18 Å². The van der Waals surface area contributed by atoms with Crippen molar-refractivity contribution in [3.63, 3.8) is 0 Å². The van der Waals surface area contributed by atoms with Crippen LogP contribution < -0.4 is 9.47 Å². The van der Waals surface area contributed by atoms with Gasteiger partial charge in [-0.2, -0.15) is 13.2 Å². The molecule has 0 unspecified atom stereocenters. The summed E-state index contributed by atoms with van der Waals surface area (Å²) in [6.45, 7) is -0.0746. The second-order valence-corrected chi connectivity index (χ2v) is 6.59. The number of halogens is 3. The Morgan fingerprint density at radius 3 is 2.18 bits per heavy atom. The smallest absolute Gasteiger partial charge is 0.393 e. The van der Waals surface area contributed by atoms with E-state index in [0.717, 1.165) is 0 Å². The van der Waals surface area contributed by atoms with Gasteiger partial charge in [0.05, 0.1) is 11.8 Å². The second kappa shape index (κ2) is 8.52. The fraction of sp³-hybridized carbons (Fsp3) is 0.350. The molecule has 1 fully saturated rings. The topological polar surface area (TPSA) is 59.0 Å². The molecule has 2 atom stereocenters. The van der Waals surface area contributed by atoms with E-state index in [2.05, 4.69) is 0 Å². The first-order valence-electron chi connectivity index (χ1n) is 8.80. The molecular formula is C20H20F3NO4. The number of alkyl halides is 3. The van der Waals surface area contributed by atoms with Crippen LogP contribution >= 0.6 is 0 Å². The van der Waals surface area contributed by atoms with Crippen molar-refractivity contribution in [2.24, 2.45) is 11.8 Å². The van der Waals surface area contributed by atoms with Gasteiger partial charge in [0.15, 0.2) is 0 Å². The van der Waals surface area contributed by atoms with Gasteiger partial charge in [-0.05, 0) is 36.4 Å². The van der Waals surface area contributed by atoms with Gasteiger partial charge in [-0.15, -0.1) is 0 Å². The third-order valence-electron chi connectivity index (χ3n) is 4.61. The molecule has 0 radical (unpaired) electrons. The van der Waals surface area contributed by atoms with Gasteiger partial charge in [-0.3, -0.25) is 9.69 Å². The van der Waals surface area contributed by atoms with Gasteiger partial charge in [0.2, 0.25) is 0 Å². The zero-order valence-electron chi connectivity index (χ0n) is 14.9. The molecular weight excluding hydrogens is 375 g/mol. The van der Waals surface area contributed by atoms with Crippen LogP contribution in [-0.2, 0) is 4.79 Å². The Hall–Kier alpha value is -2.74. The molecule has 1 aliphatic rings. The standard InChI is InChI=1S/C20H20F3NO4/c21-20(22,23)18-13-24(12-17(18)19(25)26)10-11-27-14-6-8-16(9-7-14)28-15-4-2-1-3-5-15/h1-9,17-18H,10-13H2,(H,25,26)/t17-,18-/m1/s1. The van der Waals surface area contributed by atoms with E-state index in [-0.39, 0.29) is 26.2 Å². The lowest BCUT2D eigenvalue weighted by Gasteiger charge is -2.18. The van der Waals surface area contributed by atoms with Crippen LogP contribution in [0.3, 0.4) is 0 Å². The predicted molar refractivity (Wildman–Crippen MR) is 95.6 cm³/mol. The fourth-order valence-electron chi connectivity index (χ4n) is 3.17. The third-order valence-corrected chi connectivity index (χ3v) is 4.61. The van der Waals surface area contributed by atoms with Gasteiger partial charge in [-0.1, -0.05) is 18.2 Å². The number of likely N-dealkylation sites (tertiary alicyclic amines) is 1. The second-order valence-electron chi connectivity index (χ2n) is 6.59. The summed E-state index contributed by atoms with van der Waals surface area (Å²) in [4.78, 5) is 12.6. The maximum absolute atomic E-state index is 13.0. The van der Waals surface area contributed by atoms with Gasteiger partial charge in [0.1, 0.15) is 23.9 Å². The predicted octanol–water partition coefficient (Wildman–Crippen LogP) is 4.05. The van der Waals surface area contributed by atoms with E-state index in [0.29, 0.717) is 17.2 Å². The Labute approximate surface area is 160 Å². The minimum absolute atomic E-state index is 0.132. The van der Waals surface area contributed by atoms with Crippen LogP contribution in [-0.4, -0.2) is 48.4 Å². The van der Waals surface area contributed by atoms with Crippen molar-refractivity contribution in [1.29, 1.82) is 0 Å². The molecule has 150 valence electrons. The van der Waals surface area contributed by atoms with E-state index in [1.54, 1.807) is 24.3 Å². The minimum Gasteiger partial charge on any atom is -0.492 e. The summed E-state index contributed by atoms with van der Waals surface area (Å²) in [5.41, 5.74) is 0. The van der Waals surface area contributed by atoms with Crippen molar-refractivity contribution in [3.8, 4) is 17.2 Å². The molecule has 28 heavy (non-hydrogen) atoms. The lowest BCUT2D eigenvalue weighted by molar-refractivity contribution is -0.188. The van der Waals surface area contributed by atoms with Gasteiger partial charge >= 0.3 is 12.1 Å². The molecule has 0 bridgehead atoms. The first-order chi connectivity index (χ1) is 13.3. The van der Waals surface area contributed by atoms with Gasteiger partial charge in [0, 0.05) is 19.6 Å². The summed E-state index contributed by atoms with van der Waals surface area (Å²) >= 11 is 0. The number of carboxylic acids is 1. The average Bonchev–Trinajstić information content (AvgIpc) is 3.09. The van der Waals surface area contributed by atoms with Crippen molar-refractivity contribution < 1.29 is 32.5 Å². The Bertz CT molecular complexity index is 780. The first-order valence-corrected chi connectivity index (χ1v) is 8.80. The summed E-state index contributed by atoms with van der Waals surface area (Å²) < 4.78 is 50.2. The number of hydrogen-bond donors (Lipinski definition) is 1. The van der Waals surface area contributed by atoms with Crippen molar-refractivity contribution in [3.05, 3.63) is 54.6 Å². The normalized spacial score (nSPS) is 20.1. The number of hydrogen-bond acceptors (Lipinski definition) is 4. The van der Waals surface area contributed by atoms with E-state index in [4.69, 9.17) is 14.6 Å². The third kappa shape index (κ3) is 5.16. The van der Waals surface area contributed by atoms with E-state index < -0.39 is 24.0 Å². The number of ether oxygens (including phenoxy) is 2. The molecule has 1 heterocycles. The zero-order chi connectivity index (χ0) is 20.1. The summed E-state index contributed by atoms with van der Waals surface area (Å²) in [6, 6.07) is 16.2. The van der Waals surface area contributed by atoms with Crippen molar-refractivity contribution in [2.75, 3.05) is 26.2 Å². The fourth-order valence-corrected chi connectivity index (χ4v) is 3.17. The molecule has 0 amide bonds. The number of rotatable bonds is 7. The molecule has 1 N–H and O–H groups in total. The van der Waals surface area contributed by atoms with Crippen molar-refractivity contribution >= 4 is 5.97 Å². The van der Waals surface area contributed by atoms with Gasteiger partial charge in [-0.25, -0.2) is 0 Å². The number of carboxylic acid groups (broad SMARTS) is 1. The lowest BCUT2D eigenvalue weighted by Crippen LogP contribution is -2.33. The highest BCUT2D eigenvalue weighted by Gasteiger charge is 2.52. The Morgan fingerprint density at radius 1 is 1.00 bits per heavy atom. The summed E-state index contributed by atoms with van der Waals surface area (Å²) in [5, 5.41) is 9.03. The SMILES string of the molecule is O=C(O)[C@@H]1CN(CCOc2ccc(Oc3ccccc3)cc2)C[C@H]1C(F)(F)F. The molecule has 2 aromatic rings. The van der Waals surface area contributed by atoms with Crippen LogP contribution in [0, 0.1) is 11.8 Å². The Balaban J connectivity index is 1.48. The number of benzene rings is 2. The summed E-state index contributed by atoms with van der Waals surface area (Å²) in [5.74, 6) is -2.80. The van der Waals surface area contributed by atoms with Crippen LogP contribution in [0.5, 0.6) is 17.2 Å². The van der Waals surface area contributed by atoms with Crippen LogP contribution in [0.2, 0.25) is 0 Å². The summed E-state index contributed by atoms with van der Waals surface area (Å²) in [6.07, 6.45) is -4.52. The van der Waals surface area contributed by atoms with Crippen LogP contribution in [0.4, 0.5) is 13.2 Å². The van der Waals surface area contributed by atoms with E-state index in [1.807, 2.05) is 30.3 Å². The molecule has 0 saturated carbocycles. The minimum atomic E-state index is -4.52. The van der Waals surface area contributed by atoms with Crippen LogP contribution in [0.25, 0.3) is 0 Å². The molecule has 2 aromatic carbocycles. The maximum atomic E-state index is 13.0. The number of para-hydroxylation sites is 1. The Kier molecular flexibility index (Phi) is 6.08. The molecule has 0 aliphatic carbocycles. The molecule has 0 aromatic heterocycles. The highest BCUT2D eigenvalue weighted by Crippen LogP contribution is 2.37. The Morgan fingerprint density at radius 2 is 1.61 bits per heavy atom. The molecule has 1 saturated heterocycles. The van der Waals surface area contributed by atoms with Gasteiger partial charge < -0.3 is 14.6 Å². The molecule has 3 rings (SSSR count). The van der Waals surface area contributed by atoms with Crippen molar-refractivity contribution in [1.82, 2.24) is 4.90 Å². The number of aliphatic carboxylic acids is 1. The molecule has 0 spiro atoms. The highest BCUT2D eigenvalue weighted by molar-refractivity contribution is 5.71. The maximum Gasteiger partial charge on any atom is 0.393 e. The zero-order valence-corrected chi connectivity index (χ0v) is 14.9. The quantitative estimate of drug-likeness (QED) is 0.767. The van der Waals surface area contributed by atoms with Crippen LogP contribution in [0.15, 0.2) is 54.6 Å².